The van der Waals surface area contributed by atoms with Gasteiger partial charge in [0.2, 0.25) is 0 Å². The van der Waals surface area contributed by atoms with E-state index in [1.54, 1.807) is 10.9 Å². The topological polar surface area (TPSA) is 115 Å². The number of alkyl halides is 3. The quantitative estimate of drug-likeness (QED) is 0.359. The standard InChI is InChI=1S/C24H25F3N6O3.Cu/c25-24(26,27)15-6-4-14(5-7-15)12-32(16-8-9-16)23(35)22(34)30-18-11-29-21(28)17-13-33(31-20(17)18)19-3-1-2-10-36-19;/h4-7,11,13,16,19H,1-3,8-10,12H2,(H2,28,29)(H,30,34);. The molecule has 0 spiro atoms. The van der Waals surface area contributed by atoms with Crippen LogP contribution in [0, 0.1) is 0 Å². The Labute approximate surface area is 221 Å². The summed E-state index contributed by atoms with van der Waals surface area (Å²) in [6.45, 7) is 0.654. The van der Waals surface area contributed by atoms with Crippen molar-refractivity contribution < 1.29 is 44.6 Å². The van der Waals surface area contributed by atoms with E-state index in [9.17, 15) is 22.8 Å². The van der Waals surface area contributed by atoms with Crippen LogP contribution in [0.3, 0.4) is 0 Å². The third-order valence-electron chi connectivity index (χ3n) is 6.37. The van der Waals surface area contributed by atoms with Crippen molar-refractivity contribution in [3.05, 3.63) is 47.8 Å². The van der Waals surface area contributed by atoms with Crippen LogP contribution in [0.5, 0.6) is 0 Å². The average molecular weight is 566 g/mol. The third-order valence-corrected chi connectivity index (χ3v) is 6.37. The number of hydrogen-bond acceptors (Lipinski definition) is 6. The van der Waals surface area contributed by atoms with Gasteiger partial charge in [-0.1, -0.05) is 12.1 Å². The summed E-state index contributed by atoms with van der Waals surface area (Å²) in [6.07, 6.45) is 2.59. The number of nitrogens with zero attached hydrogens (tertiary/aromatic N) is 4. The van der Waals surface area contributed by atoms with Gasteiger partial charge in [-0.3, -0.25) is 9.59 Å². The molecule has 9 nitrogen and oxygen atoms in total. The number of fused-ring (bicyclic) bond motifs is 1. The zero-order valence-electron chi connectivity index (χ0n) is 19.6. The maximum atomic E-state index is 13.1. The van der Waals surface area contributed by atoms with Gasteiger partial charge >= 0.3 is 18.0 Å². The van der Waals surface area contributed by atoms with Crippen LogP contribution in [-0.2, 0) is 44.1 Å². The van der Waals surface area contributed by atoms with Crippen molar-refractivity contribution in [2.75, 3.05) is 17.7 Å². The number of halogens is 3. The van der Waals surface area contributed by atoms with Gasteiger partial charge in [0.25, 0.3) is 0 Å². The summed E-state index contributed by atoms with van der Waals surface area (Å²) in [4.78, 5) is 31.5. The van der Waals surface area contributed by atoms with E-state index in [1.807, 2.05) is 0 Å². The molecule has 201 valence electrons. The number of pyridine rings is 1. The minimum Gasteiger partial charge on any atom is -0.383 e. The normalized spacial score (nSPS) is 17.8. The zero-order chi connectivity index (χ0) is 25.4. The first-order valence-electron chi connectivity index (χ1n) is 11.7. The Bertz CT molecular complexity index is 1290. The zero-order valence-corrected chi connectivity index (χ0v) is 20.5. The van der Waals surface area contributed by atoms with E-state index in [1.165, 1.54) is 23.2 Å². The van der Waals surface area contributed by atoms with Crippen LogP contribution in [0.15, 0.2) is 36.7 Å². The molecular weight excluding hydrogens is 541 g/mol. The summed E-state index contributed by atoms with van der Waals surface area (Å²) in [5, 5.41) is 7.66. The van der Waals surface area contributed by atoms with Crippen LogP contribution in [0.4, 0.5) is 24.7 Å². The van der Waals surface area contributed by atoms with Gasteiger partial charge in [-0.25, -0.2) is 9.67 Å². The van der Waals surface area contributed by atoms with Gasteiger partial charge in [0.05, 0.1) is 22.8 Å². The molecule has 2 fully saturated rings. The summed E-state index contributed by atoms with van der Waals surface area (Å²) in [5.41, 5.74) is 6.36. The molecular formula is C24H25CuF3N6O3. The number of carbonyl (C=O) groups excluding carboxylic acids is 2. The Kier molecular flexibility index (Phi) is 7.77. The second kappa shape index (κ2) is 10.7. The van der Waals surface area contributed by atoms with E-state index in [2.05, 4.69) is 15.4 Å². The van der Waals surface area contributed by atoms with Crippen LogP contribution >= 0.6 is 0 Å². The molecule has 5 rings (SSSR count). The molecule has 1 saturated heterocycles. The summed E-state index contributed by atoms with van der Waals surface area (Å²) < 4.78 is 46.0. The van der Waals surface area contributed by atoms with Gasteiger partial charge in [0, 0.05) is 42.5 Å². The molecule has 1 unspecified atom stereocenters. The van der Waals surface area contributed by atoms with Crippen molar-refractivity contribution in [3.63, 3.8) is 0 Å². The van der Waals surface area contributed by atoms with Crippen LogP contribution < -0.4 is 11.1 Å². The van der Waals surface area contributed by atoms with Crippen LogP contribution in [-0.4, -0.2) is 44.1 Å². The van der Waals surface area contributed by atoms with Crippen molar-refractivity contribution in [2.24, 2.45) is 0 Å². The molecule has 2 amide bonds. The van der Waals surface area contributed by atoms with E-state index >= 15 is 0 Å². The number of nitrogens with two attached hydrogens (primary N) is 1. The van der Waals surface area contributed by atoms with Gasteiger partial charge in [-0.15, -0.1) is 0 Å². The fraction of sp³-hybridized carbons (Fsp3) is 0.417. The molecule has 1 atom stereocenters. The van der Waals surface area contributed by atoms with Crippen molar-refractivity contribution in [3.8, 4) is 0 Å². The van der Waals surface area contributed by atoms with E-state index < -0.39 is 23.6 Å². The maximum Gasteiger partial charge on any atom is 0.416 e. The van der Waals surface area contributed by atoms with Crippen molar-refractivity contribution in [1.82, 2.24) is 19.7 Å². The first-order chi connectivity index (χ1) is 17.2. The number of benzene rings is 1. The van der Waals surface area contributed by atoms with Crippen molar-refractivity contribution >= 4 is 34.2 Å². The predicted molar refractivity (Wildman–Crippen MR) is 124 cm³/mol. The summed E-state index contributed by atoms with van der Waals surface area (Å²) >= 11 is 0. The number of hydrogen-bond donors (Lipinski definition) is 2. The maximum absolute atomic E-state index is 13.1. The van der Waals surface area contributed by atoms with E-state index in [4.69, 9.17) is 10.5 Å². The molecule has 1 aromatic carbocycles. The number of anilines is 2. The minimum atomic E-state index is -4.45. The first-order valence-corrected chi connectivity index (χ1v) is 11.7. The first kappa shape index (κ1) is 26.9. The molecule has 2 aliphatic rings. The van der Waals surface area contributed by atoms with Gasteiger partial charge < -0.3 is 20.7 Å². The number of carbonyl (C=O) groups is 2. The molecule has 2 aromatic heterocycles. The number of nitrogens with one attached hydrogen (secondary N) is 1. The molecule has 0 bridgehead atoms. The Hall–Kier alpha value is -3.15. The van der Waals surface area contributed by atoms with E-state index in [-0.39, 0.29) is 47.4 Å². The number of aromatic nitrogens is 3. The second-order valence-corrected chi connectivity index (χ2v) is 9.06. The van der Waals surface area contributed by atoms with Crippen molar-refractivity contribution in [1.29, 1.82) is 0 Å². The SMILES string of the molecule is Nc1ncc(NC(=O)C(=O)N(Cc2ccc(C(F)(F)F)cc2)C2CC2)c2nn(C3CCCCO3)cc12.[Cu]. The number of nitrogen functional groups attached to an aromatic ring is 1. The third kappa shape index (κ3) is 5.89. The summed E-state index contributed by atoms with van der Waals surface area (Å²) in [7, 11) is 0. The Morgan fingerprint density at radius 1 is 1.16 bits per heavy atom. The van der Waals surface area contributed by atoms with Gasteiger partial charge in [-0.05, 0) is 49.8 Å². The molecule has 1 aliphatic heterocycles. The molecule has 1 radical (unpaired) electrons. The van der Waals surface area contributed by atoms with Crippen LogP contribution in [0.2, 0.25) is 0 Å². The van der Waals surface area contributed by atoms with Crippen LogP contribution in [0.25, 0.3) is 10.9 Å². The minimum absolute atomic E-state index is 0. The average Bonchev–Trinajstić information content (AvgIpc) is 3.60. The Morgan fingerprint density at radius 3 is 2.51 bits per heavy atom. The largest absolute Gasteiger partial charge is 0.416 e. The summed E-state index contributed by atoms with van der Waals surface area (Å²) in [5.74, 6) is -1.43. The predicted octanol–water partition coefficient (Wildman–Crippen LogP) is 3.86. The van der Waals surface area contributed by atoms with E-state index in [0.29, 0.717) is 23.1 Å². The van der Waals surface area contributed by atoms with E-state index in [0.717, 1.165) is 44.2 Å². The van der Waals surface area contributed by atoms with Gasteiger partial charge in [-0.2, -0.15) is 18.3 Å². The fourth-order valence-corrected chi connectivity index (χ4v) is 4.27. The smallest absolute Gasteiger partial charge is 0.383 e. The number of amides is 2. The molecule has 1 aliphatic carbocycles. The Morgan fingerprint density at radius 2 is 1.89 bits per heavy atom. The molecule has 13 heteroatoms. The monoisotopic (exact) mass is 565 g/mol. The molecule has 3 N–H and O–H groups in total. The second-order valence-electron chi connectivity index (χ2n) is 9.06. The van der Waals surface area contributed by atoms with Crippen LogP contribution in [0.1, 0.15) is 49.5 Å². The van der Waals surface area contributed by atoms with Gasteiger partial charge in [0.15, 0.2) is 0 Å². The molecule has 3 aromatic rings. The fourth-order valence-electron chi connectivity index (χ4n) is 4.27. The Balaban J connectivity index is 0.00000320. The summed E-state index contributed by atoms with van der Waals surface area (Å²) in [6, 6.07) is 4.42. The molecule has 3 heterocycles. The molecule has 1 saturated carbocycles. The molecule has 37 heavy (non-hydrogen) atoms. The van der Waals surface area contributed by atoms with Gasteiger partial charge in [0.1, 0.15) is 17.6 Å². The number of ether oxygens (including phenoxy) is 1. The number of rotatable bonds is 5. The van der Waals surface area contributed by atoms with Crippen molar-refractivity contribution in [2.45, 2.75) is 57.1 Å².